The Kier molecular flexibility index (Phi) is 3.56. The Labute approximate surface area is 127 Å². The molecule has 0 aliphatic heterocycles. The minimum atomic E-state index is -4.71. The molecule has 21 heavy (non-hydrogen) atoms. The maximum Gasteiger partial charge on any atom is 0.573 e. The highest BCUT2D eigenvalue weighted by atomic mass is 79.9. The van der Waals surface area contributed by atoms with E-state index in [0.717, 1.165) is 12.8 Å². The molecule has 1 fully saturated rings. The van der Waals surface area contributed by atoms with Crippen molar-refractivity contribution in [3.8, 4) is 5.75 Å². The van der Waals surface area contributed by atoms with Gasteiger partial charge in [-0.3, -0.25) is 0 Å². The molecule has 0 saturated heterocycles. The molecule has 1 aromatic heterocycles. The van der Waals surface area contributed by atoms with Crippen LogP contribution in [0.25, 0.3) is 0 Å². The lowest BCUT2D eigenvalue weighted by Crippen LogP contribution is -2.17. The largest absolute Gasteiger partial charge is 0.573 e. The average Bonchev–Trinajstić information content (AvgIpc) is 3.12. The monoisotopic (exact) mass is 361 g/mol. The topological polar surface area (TPSA) is 39.1 Å². The highest BCUT2D eigenvalue weighted by molar-refractivity contribution is 9.10. The first-order valence-electron chi connectivity index (χ1n) is 6.27. The fourth-order valence-electron chi connectivity index (χ4n) is 1.97. The van der Waals surface area contributed by atoms with Crippen molar-refractivity contribution in [2.24, 2.45) is 0 Å². The summed E-state index contributed by atoms with van der Waals surface area (Å²) in [6.45, 7) is 0. The second kappa shape index (κ2) is 5.25. The summed E-state index contributed by atoms with van der Waals surface area (Å²) in [4.78, 5) is 4.21. The first-order chi connectivity index (χ1) is 9.92. The number of rotatable bonds is 4. The molecule has 1 heterocycles. The van der Waals surface area contributed by atoms with Gasteiger partial charge in [0.1, 0.15) is 5.75 Å². The van der Waals surface area contributed by atoms with Gasteiger partial charge in [-0.2, -0.15) is 0 Å². The quantitative estimate of drug-likeness (QED) is 0.863. The highest BCUT2D eigenvalue weighted by Crippen LogP contribution is 2.38. The number of benzene rings is 1. The first-order valence-corrected chi connectivity index (χ1v) is 7.07. The number of ether oxygens (including phenoxy) is 1. The van der Waals surface area contributed by atoms with Gasteiger partial charge in [-0.25, -0.2) is 4.98 Å². The van der Waals surface area contributed by atoms with Crippen molar-refractivity contribution in [3.63, 3.8) is 0 Å². The van der Waals surface area contributed by atoms with Crippen molar-refractivity contribution in [2.75, 3.05) is 5.32 Å². The van der Waals surface area contributed by atoms with E-state index in [4.69, 9.17) is 0 Å². The van der Waals surface area contributed by atoms with Crippen molar-refractivity contribution < 1.29 is 17.9 Å². The summed E-state index contributed by atoms with van der Waals surface area (Å²) >= 11 is 3.07. The zero-order valence-electron chi connectivity index (χ0n) is 10.7. The van der Waals surface area contributed by atoms with Gasteiger partial charge >= 0.3 is 6.36 Å². The van der Waals surface area contributed by atoms with E-state index in [0.29, 0.717) is 17.7 Å². The lowest BCUT2D eigenvalue weighted by atomic mass is 10.3. The van der Waals surface area contributed by atoms with Gasteiger partial charge in [0.15, 0.2) is 0 Å². The maximum absolute atomic E-state index is 12.2. The Morgan fingerprint density at radius 2 is 2.10 bits per heavy atom. The number of nitrogens with one attached hydrogen (secondary N) is 1. The van der Waals surface area contributed by atoms with Gasteiger partial charge in [0.05, 0.1) is 4.47 Å². The summed E-state index contributed by atoms with van der Waals surface area (Å²) in [5, 5.41) is 3.09. The van der Waals surface area contributed by atoms with Gasteiger partial charge in [-0.1, -0.05) is 0 Å². The molecular weight excluding hydrogens is 351 g/mol. The molecule has 0 radical (unpaired) electrons. The van der Waals surface area contributed by atoms with Gasteiger partial charge in [-0.05, 0) is 47.0 Å². The van der Waals surface area contributed by atoms with E-state index in [1.54, 1.807) is 6.20 Å². The molecular formula is C13H11BrF3N3O. The van der Waals surface area contributed by atoms with Crippen LogP contribution in [0.1, 0.15) is 18.9 Å². The zero-order valence-corrected chi connectivity index (χ0v) is 12.3. The number of anilines is 2. The SMILES string of the molecule is FC(F)(F)Oc1ccc(Nc2nccn2C2CC2)cc1Br. The second-order valence-electron chi connectivity index (χ2n) is 4.71. The van der Waals surface area contributed by atoms with Gasteiger partial charge < -0.3 is 14.6 Å². The molecule has 1 aliphatic carbocycles. The number of alkyl halides is 3. The molecule has 8 heteroatoms. The molecule has 0 atom stereocenters. The fourth-order valence-corrected chi connectivity index (χ4v) is 2.43. The van der Waals surface area contributed by atoms with Crippen molar-refractivity contribution in [2.45, 2.75) is 25.2 Å². The van der Waals surface area contributed by atoms with E-state index in [1.807, 2.05) is 10.8 Å². The van der Waals surface area contributed by atoms with E-state index < -0.39 is 6.36 Å². The number of halogens is 4. The van der Waals surface area contributed by atoms with Crippen LogP contribution in [0.3, 0.4) is 0 Å². The Hall–Kier alpha value is -1.70. The van der Waals surface area contributed by atoms with Crippen LogP contribution >= 0.6 is 15.9 Å². The smallest absolute Gasteiger partial charge is 0.405 e. The Morgan fingerprint density at radius 1 is 1.33 bits per heavy atom. The van der Waals surface area contributed by atoms with Crippen LogP contribution in [-0.2, 0) is 0 Å². The first kappa shape index (κ1) is 14.2. The molecule has 2 aromatic rings. The molecule has 1 N–H and O–H groups in total. The summed E-state index contributed by atoms with van der Waals surface area (Å²) in [5.74, 6) is 0.396. The summed E-state index contributed by atoms with van der Waals surface area (Å²) < 4.78 is 42.7. The predicted molar refractivity (Wildman–Crippen MR) is 74.6 cm³/mol. The van der Waals surface area contributed by atoms with Crippen LogP contribution < -0.4 is 10.1 Å². The molecule has 0 unspecified atom stereocenters. The molecule has 0 amide bonds. The van der Waals surface area contributed by atoms with Crippen molar-refractivity contribution in [1.82, 2.24) is 9.55 Å². The fraction of sp³-hybridized carbons (Fsp3) is 0.308. The lowest BCUT2D eigenvalue weighted by Gasteiger charge is -2.13. The molecule has 1 aromatic carbocycles. The Morgan fingerprint density at radius 3 is 2.71 bits per heavy atom. The van der Waals surface area contributed by atoms with Crippen LogP contribution in [-0.4, -0.2) is 15.9 Å². The minimum Gasteiger partial charge on any atom is -0.405 e. The summed E-state index contributed by atoms with van der Waals surface area (Å²) in [7, 11) is 0. The molecule has 4 nitrogen and oxygen atoms in total. The number of aromatic nitrogens is 2. The zero-order chi connectivity index (χ0) is 15.0. The number of hydrogen-bond donors (Lipinski definition) is 1. The van der Waals surface area contributed by atoms with Gasteiger partial charge in [0.25, 0.3) is 0 Å². The van der Waals surface area contributed by atoms with Gasteiger partial charge in [0, 0.05) is 24.1 Å². The summed E-state index contributed by atoms with van der Waals surface area (Å²) in [6.07, 6.45) is 1.10. The van der Waals surface area contributed by atoms with Crippen molar-refractivity contribution in [3.05, 3.63) is 35.1 Å². The molecule has 1 aliphatic rings. The number of nitrogens with zero attached hydrogens (tertiary/aromatic N) is 2. The standard InChI is InChI=1S/C13H11BrF3N3O/c14-10-7-8(1-4-11(10)21-13(15,16)17)19-12-18-5-6-20(12)9-2-3-9/h1,4-7,9H,2-3H2,(H,18,19). The van der Waals surface area contributed by atoms with E-state index >= 15 is 0 Å². The summed E-state index contributed by atoms with van der Waals surface area (Å²) in [5.41, 5.74) is 0.629. The lowest BCUT2D eigenvalue weighted by molar-refractivity contribution is -0.274. The molecule has 0 spiro atoms. The van der Waals surface area contributed by atoms with E-state index in [2.05, 4.69) is 31.0 Å². The average molecular weight is 362 g/mol. The molecule has 3 rings (SSSR count). The molecule has 0 bridgehead atoms. The third-order valence-electron chi connectivity index (χ3n) is 3.02. The van der Waals surface area contributed by atoms with Crippen LogP contribution in [0, 0.1) is 0 Å². The van der Waals surface area contributed by atoms with Crippen LogP contribution in [0.15, 0.2) is 35.1 Å². The highest BCUT2D eigenvalue weighted by Gasteiger charge is 2.32. The van der Waals surface area contributed by atoms with Gasteiger partial charge in [-0.15, -0.1) is 13.2 Å². The van der Waals surface area contributed by atoms with Crippen LogP contribution in [0.5, 0.6) is 5.75 Å². The van der Waals surface area contributed by atoms with Crippen molar-refractivity contribution in [1.29, 1.82) is 0 Å². The van der Waals surface area contributed by atoms with E-state index in [9.17, 15) is 13.2 Å². The number of imidazole rings is 1. The minimum absolute atomic E-state index is 0.217. The van der Waals surface area contributed by atoms with E-state index in [-0.39, 0.29) is 10.2 Å². The maximum atomic E-state index is 12.2. The second-order valence-corrected chi connectivity index (χ2v) is 5.56. The third-order valence-corrected chi connectivity index (χ3v) is 3.64. The predicted octanol–water partition coefficient (Wildman–Crippen LogP) is 4.62. The van der Waals surface area contributed by atoms with E-state index in [1.165, 1.54) is 18.2 Å². The third kappa shape index (κ3) is 3.49. The van der Waals surface area contributed by atoms with Crippen molar-refractivity contribution >= 4 is 27.6 Å². The van der Waals surface area contributed by atoms with Crippen LogP contribution in [0.2, 0.25) is 0 Å². The van der Waals surface area contributed by atoms with Gasteiger partial charge in [0.2, 0.25) is 5.95 Å². The van der Waals surface area contributed by atoms with Crippen LogP contribution in [0.4, 0.5) is 24.8 Å². The number of hydrogen-bond acceptors (Lipinski definition) is 3. The Balaban J connectivity index is 1.77. The molecule has 1 saturated carbocycles. The Bertz CT molecular complexity index is 652. The summed E-state index contributed by atoms with van der Waals surface area (Å²) in [6, 6.07) is 4.75. The normalized spacial score (nSPS) is 15.0. The molecule has 112 valence electrons.